The van der Waals surface area contributed by atoms with E-state index in [1.807, 2.05) is 0 Å². The summed E-state index contributed by atoms with van der Waals surface area (Å²) in [6.45, 7) is 5.96. The minimum absolute atomic E-state index is 0.640. The third-order valence-electron chi connectivity index (χ3n) is 4.58. The lowest BCUT2D eigenvalue weighted by atomic mass is 9.84. The molecule has 2 unspecified atom stereocenters. The predicted octanol–water partition coefficient (Wildman–Crippen LogP) is -0.180. The molecule has 0 bridgehead atoms. The van der Waals surface area contributed by atoms with Gasteiger partial charge in [-0.05, 0) is 53.0 Å². The van der Waals surface area contributed by atoms with Crippen LogP contribution >= 0.6 is 0 Å². The molecule has 0 aromatic carbocycles. The summed E-state index contributed by atoms with van der Waals surface area (Å²) >= 11 is 0. The summed E-state index contributed by atoms with van der Waals surface area (Å²) in [6, 6.07) is 1.30. The number of likely N-dealkylation sites (tertiary alicyclic amines) is 1. The van der Waals surface area contributed by atoms with E-state index in [-0.39, 0.29) is 0 Å². The van der Waals surface area contributed by atoms with Crippen LogP contribution < -0.4 is 10.6 Å². The Kier molecular flexibility index (Phi) is 4.79. The second-order valence-electron chi connectivity index (χ2n) is 5.71. The van der Waals surface area contributed by atoms with Crippen molar-refractivity contribution in [3.63, 3.8) is 0 Å². The number of piperazine rings is 1. The van der Waals surface area contributed by atoms with Gasteiger partial charge < -0.3 is 15.5 Å². The fourth-order valence-corrected chi connectivity index (χ4v) is 3.36. The molecule has 0 radical (unpaired) electrons. The Labute approximate surface area is 106 Å². The summed E-state index contributed by atoms with van der Waals surface area (Å²) in [5.41, 5.74) is 0. The molecule has 2 aliphatic rings. The van der Waals surface area contributed by atoms with Crippen molar-refractivity contribution in [3.8, 4) is 0 Å². The summed E-state index contributed by atoms with van der Waals surface area (Å²) in [7, 11) is 6.63. The zero-order valence-electron chi connectivity index (χ0n) is 11.6. The van der Waals surface area contributed by atoms with Crippen molar-refractivity contribution in [1.29, 1.82) is 0 Å². The maximum atomic E-state index is 3.59. The molecule has 2 saturated heterocycles. The van der Waals surface area contributed by atoms with Crippen LogP contribution in [0.3, 0.4) is 0 Å². The van der Waals surface area contributed by atoms with E-state index in [1.54, 1.807) is 0 Å². The van der Waals surface area contributed by atoms with Crippen LogP contribution in [-0.2, 0) is 0 Å². The number of likely N-dealkylation sites (N-methyl/N-ethyl adjacent to an activating group) is 2. The first-order valence-corrected chi connectivity index (χ1v) is 6.99. The number of piperidine rings is 1. The van der Waals surface area contributed by atoms with Crippen LogP contribution in [0.25, 0.3) is 0 Å². The van der Waals surface area contributed by atoms with Crippen molar-refractivity contribution in [1.82, 2.24) is 20.4 Å². The molecule has 4 heteroatoms. The molecule has 17 heavy (non-hydrogen) atoms. The van der Waals surface area contributed by atoms with E-state index >= 15 is 0 Å². The van der Waals surface area contributed by atoms with Crippen molar-refractivity contribution < 1.29 is 0 Å². The topological polar surface area (TPSA) is 30.5 Å². The normalized spacial score (nSPS) is 31.6. The van der Waals surface area contributed by atoms with E-state index in [4.69, 9.17) is 0 Å². The van der Waals surface area contributed by atoms with E-state index in [2.05, 4.69) is 41.6 Å². The quantitative estimate of drug-likeness (QED) is 0.716. The van der Waals surface area contributed by atoms with Crippen LogP contribution in [-0.4, -0.2) is 75.8 Å². The molecular formula is C13H28N4. The van der Waals surface area contributed by atoms with Gasteiger partial charge in [-0.3, -0.25) is 4.90 Å². The monoisotopic (exact) mass is 240 g/mol. The largest absolute Gasteiger partial charge is 0.315 e. The highest BCUT2D eigenvalue weighted by atomic mass is 15.2. The van der Waals surface area contributed by atoms with Crippen LogP contribution in [0.4, 0.5) is 0 Å². The molecule has 0 saturated carbocycles. The van der Waals surface area contributed by atoms with Gasteiger partial charge in [0.05, 0.1) is 0 Å². The van der Waals surface area contributed by atoms with Crippen molar-refractivity contribution in [2.24, 2.45) is 5.92 Å². The van der Waals surface area contributed by atoms with E-state index in [0.717, 1.165) is 19.0 Å². The molecule has 0 amide bonds. The Balaban J connectivity index is 1.94. The third-order valence-corrected chi connectivity index (χ3v) is 4.58. The van der Waals surface area contributed by atoms with Crippen LogP contribution in [0.1, 0.15) is 12.8 Å². The molecule has 2 fully saturated rings. The number of nitrogens with zero attached hydrogens (tertiary/aromatic N) is 2. The summed E-state index contributed by atoms with van der Waals surface area (Å²) in [6.07, 6.45) is 2.68. The first-order chi connectivity index (χ1) is 8.22. The zero-order chi connectivity index (χ0) is 12.3. The Morgan fingerprint density at radius 2 is 1.88 bits per heavy atom. The SMILES string of the molecule is CNC(C1CCN(C)CC1)C1CNCCN1C. The van der Waals surface area contributed by atoms with Gasteiger partial charge in [0.2, 0.25) is 0 Å². The fourth-order valence-electron chi connectivity index (χ4n) is 3.36. The average molecular weight is 240 g/mol. The standard InChI is InChI=1S/C13H28N4/c1-14-13(11-4-7-16(2)8-5-11)12-10-15-6-9-17(12)3/h11-15H,4-10H2,1-3H3. The highest BCUT2D eigenvalue weighted by molar-refractivity contribution is 4.93. The molecular weight excluding hydrogens is 212 g/mol. The molecule has 100 valence electrons. The van der Waals surface area contributed by atoms with E-state index in [9.17, 15) is 0 Å². The molecule has 0 aliphatic carbocycles. The number of hydrogen-bond acceptors (Lipinski definition) is 4. The molecule has 0 aromatic heterocycles. The summed E-state index contributed by atoms with van der Waals surface area (Å²) in [5, 5.41) is 7.12. The van der Waals surface area contributed by atoms with Crippen molar-refractivity contribution in [3.05, 3.63) is 0 Å². The predicted molar refractivity (Wildman–Crippen MR) is 72.4 cm³/mol. The minimum atomic E-state index is 0.640. The molecule has 2 rings (SSSR count). The van der Waals surface area contributed by atoms with Gasteiger partial charge in [-0.15, -0.1) is 0 Å². The molecule has 2 heterocycles. The Morgan fingerprint density at radius 3 is 2.47 bits per heavy atom. The van der Waals surface area contributed by atoms with Gasteiger partial charge in [0.25, 0.3) is 0 Å². The fraction of sp³-hybridized carbons (Fsp3) is 1.00. The Bertz CT molecular complexity index is 225. The van der Waals surface area contributed by atoms with Gasteiger partial charge in [-0.25, -0.2) is 0 Å². The minimum Gasteiger partial charge on any atom is -0.315 e. The van der Waals surface area contributed by atoms with Crippen LogP contribution in [0.2, 0.25) is 0 Å². The highest BCUT2D eigenvalue weighted by Gasteiger charge is 2.33. The van der Waals surface area contributed by atoms with Crippen LogP contribution in [0.15, 0.2) is 0 Å². The molecule has 2 aliphatic heterocycles. The van der Waals surface area contributed by atoms with Crippen LogP contribution in [0, 0.1) is 5.92 Å². The lowest BCUT2D eigenvalue weighted by Crippen LogP contribution is -2.60. The van der Waals surface area contributed by atoms with Gasteiger partial charge in [0.1, 0.15) is 0 Å². The first-order valence-electron chi connectivity index (χ1n) is 6.99. The first kappa shape index (κ1) is 13.3. The average Bonchev–Trinajstić information content (AvgIpc) is 2.35. The molecule has 0 spiro atoms. The van der Waals surface area contributed by atoms with Crippen LogP contribution in [0.5, 0.6) is 0 Å². The number of hydrogen-bond donors (Lipinski definition) is 2. The lowest BCUT2D eigenvalue weighted by molar-refractivity contribution is 0.101. The Hall–Kier alpha value is -0.160. The van der Waals surface area contributed by atoms with Gasteiger partial charge in [-0.1, -0.05) is 0 Å². The summed E-state index contributed by atoms with van der Waals surface area (Å²) < 4.78 is 0. The molecule has 0 aromatic rings. The zero-order valence-corrected chi connectivity index (χ0v) is 11.6. The highest BCUT2D eigenvalue weighted by Crippen LogP contribution is 2.23. The van der Waals surface area contributed by atoms with E-state index in [1.165, 1.54) is 32.5 Å². The van der Waals surface area contributed by atoms with Gasteiger partial charge in [-0.2, -0.15) is 0 Å². The van der Waals surface area contributed by atoms with Crippen molar-refractivity contribution in [2.75, 3.05) is 53.9 Å². The number of nitrogens with one attached hydrogen (secondary N) is 2. The second-order valence-corrected chi connectivity index (χ2v) is 5.71. The summed E-state index contributed by atoms with van der Waals surface area (Å²) in [5.74, 6) is 0.837. The number of rotatable bonds is 3. The van der Waals surface area contributed by atoms with Gasteiger partial charge in [0.15, 0.2) is 0 Å². The van der Waals surface area contributed by atoms with Crippen molar-refractivity contribution in [2.45, 2.75) is 24.9 Å². The van der Waals surface area contributed by atoms with Gasteiger partial charge >= 0.3 is 0 Å². The van der Waals surface area contributed by atoms with Crippen molar-refractivity contribution >= 4 is 0 Å². The maximum absolute atomic E-state index is 3.59. The smallest absolute Gasteiger partial charge is 0.0374 e. The second kappa shape index (κ2) is 6.14. The lowest BCUT2D eigenvalue weighted by Gasteiger charge is -2.43. The molecule has 2 N–H and O–H groups in total. The molecule has 2 atom stereocenters. The summed E-state index contributed by atoms with van der Waals surface area (Å²) in [4.78, 5) is 4.97. The molecule has 4 nitrogen and oxygen atoms in total. The van der Waals surface area contributed by atoms with E-state index < -0.39 is 0 Å². The maximum Gasteiger partial charge on any atom is 0.0374 e. The third kappa shape index (κ3) is 3.19. The van der Waals surface area contributed by atoms with E-state index in [0.29, 0.717) is 12.1 Å². The Morgan fingerprint density at radius 1 is 1.18 bits per heavy atom. The van der Waals surface area contributed by atoms with Gasteiger partial charge in [0, 0.05) is 31.7 Å².